The molecule has 152 valence electrons. The summed E-state index contributed by atoms with van der Waals surface area (Å²) in [6.45, 7) is 7.86. The summed E-state index contributed by atoms with van der Waals surface area (Å²) in [6, 6.07) is 5.84. The molecule has 2 aromatic heterocycles. The van der Waals surface area contributed by atoms with Gasteiger partial charge in [-0.25, -0.2) is 14.8 Å². The van der Waals surface area contributed by atoms with Gasteiger partial charge in [0.25, 0.3) is 0 Å². The number of rotatable bonds is 5. The molecule has 0 aliphatic carbocycles. The Morgan fingerprint density at radius 3 is 2.69 bits per heavy atom. The van der Waals surface area contributed by atoms with Gasteiger partial charge < -0.3 is 15.4 Å². The first-order valence-corrected chi connectivity index (χ1v) is 9.21. The number of nitrogens with zero attached hydrogens (tertiary/aromatic N) is 5. The normalized spacial score (nSPS) is 11.2. The SMILES string of the molecule is Cc1cc(-c2ncnc(Nc3cnn(C)c3)n2)ccc1CNC(=O)OC(C)(C)C. The van der Waals surface area contributed by atoms with Crippen LogP contribution in [0, 0.1) is 6.92 Å². The second kappa shape index (κ2) is 8.26. The van der Waals surface area contributed by atoms with E-state index in [0.29, 0.717) is 18.3 Å². The predicted octanol–water partition coefficient (Wildman–Crippen LogP) is 3.35. The van der Waals surface area contributed by atoms with Gasteiger partial charge in [0.05, 0.1) is 11.9 Å². The highest BCUT2D eigenvalue weighted by molar-refractivity contribution is 5.68. The number of hydrogen-bond donors (Lipinski definition) is 2. The molecule has 0 fully saturated rings. The highest BCUT2D eigenvalue weighted by Crippen LogP contribution is 2.21. The van der Waals surface area contributed by atoms with Gasteiger partial charge in [0.2, 0.25) is 5.95 Å². The van der Waals surface area contributed by atoms with E-state index in [1.165, 1.54) is 6.33 Å². The topological polar surface area (TPSA) is 107 Å². The first kappa shape index (κ1) is 20.2. The molecule has 0 radical (unpaired) electrons. The molecule has 2 heterocycles. The Morgan fingerprint density at radius 1 is 1.24 bits per heavy atom. The molecule has 0 bridgehead atoms. The Labute approximate surface area is 169 Å². The lowest BCUT2D eigenvalue weighted by Crippen LogP contribution is -2.32. The van der Waals surface area contributed by atoms with E-state index in [-0.39, 0.29) is 0 Å². The van der Waals surface area contributed by atoms with E-state index in [9.17, 15) is 4.79 Å². The number of ether oxygens (including phenoxy) is 1. The van der Waals surface area contributed by atoms with Crippen molar-refractivity contribution >= 4 is 17.7 Å². The zero-order valence-electron chi connectivity index (χ0n) is 17.2. The van der Waals surface area contributed by atoms with Crippen molar-refractivity contribution in [3.63, 3.8) is 0 Å². The number of hydrogen-bond acceptors (Lipinski definition) is 7. The van der Waals surface area contributed by atoms with E-state index in [1.54, 1.807) is 10.9 Å². The maximum absolute atomic E-state index is 11.8. The summed E-state index contributed by atoms with van der Waals surface area (Å²) in [4.78, 5) is 24.7. The Bertz CT molecular complexity index is 1010. The fourth-order valence-electron chi connectivity index (χ4n) is 2.63. The first-order chi connectivity index (χ1) is 13.7. The van der Waals surface area contributed by atoms with Crippen LogP contribution in [0.25, 0.3) is 11.4 Å². The molecule has 0 saturated heterocycles. The van der Waals surface area contributed by atoms with Gasteiger partial charge in [0.15, 0.2) is 5.82 Å². The smallest absolute Gasteiger partial charge is 0.407 e. The molecule has 1 aromatic carbocycles. The van der Waals surface area contributed by atoms with E-state index in [0.717, 1.165) is 22.4 Å². The number of aromatic nitrogens is 5. The average molecular weight is 395 g/mol. The summed E-state index contributed by atoms with van der Waals surface area (Å²) in [5.74, 6) is 0.998. The molecule has 2 N–H and O–H groups in total. The van der Waals surface area contributed by atoms with Gasteiger partial charge in [-0.15, -0.1) is 0 Å². The highest BCUT2D eigenvalue weighted by atomic mass is 16.6. The molecule has 0 aliphatic heterocycles. The number of aryl methyl sites for hydroxylation is 2. The lowest BCUT2D eigenvalue weighted by Gasteiger charge is -2.20. The van der Waals surface area contributed by atoms with Crippen LogP contribution in [0.4, 0.5) is 16.4 Å². The summed E-state index contributed by atoms with van der Waals surface area (Å²) in [5.41, 5.74) is 3.14. The number of carbonyl (C=O) groups is 1. The molecule has 29 heavy (non-hydrogen) atoms. The second-order valence-electron chi connectivity index (χ2n) is 7.66. The first-order valence-electron chi connectivity index (χ1n) is 9.21. The molecule has 3 aromatic rings. The Hall–Kier alpha value is -3.49. The zero-order valence-corrected chi connectivity index (χ0v) is 17.2. The third-order valence-corrected chi connectivity index (χ3v) is 3.96. The largest absolute Gasteiger partial charge is 0.444 e. The molecular weight excluding hydrogens is 370 g/mol. The zero-order chi connectivity index (χ0) is 21.0. The van der Waals surface area contributed by atoms with Crippen molar-refractivity contribution in [2.75, 3.05) is 5.32 Å². The van der Waals surface area contributed by atoms with Crippen LogP contribution in [-0.4, -0.2) is 36.4 Å². The predicted molar refractivity (Wildman–Crippen MR) is 110 cm³/mol. The molecule has 0 aliphatic rings. The van der Waals surface area contributed by atoms with Gasteiger partial charge in [-0.05, 0) is 44.9 Å². The highest BCUT2D eigenvalue weighted by Gasteiger charge is 2.16. The van der Waals surface area contributed by atoms with Crippen molar-refractivity contribution in [1.29, 1.82) is 0 Å². The van der Waals surface area contributed by atoms with Crippen molar-refractivity contribution in [2.24, 2.45) is 7.05 Å². The minimum Gasteiger partial charge on any atom is -0.444 e. The quantitative estimate of drug-likeness (QED) is 0.682. The van der Waals surface area contributed by atoms with Gasteiger partial charge in [-0.3, -0.25) is 4.68 Å². The van der Waals surface area contributed by atoms with E-state index >= 15 is 0 Å². The van der Waals surface area contributed by atoms with Crippen LogP contribution in [0.5, 0.6) is 0 Å². The fraction of sp³-hybridized carbons (Fsp3) is 0.350. The maximum atomic E-state index is 11.8. The van der Waals surface area contributed by atoms with Crippen LogP contribution in [-0.2, 0) is 18.3 Å². The standard InChI is InChI=1S/C20H25N7O2/c1-13-8-14(6-7-15(13)9-21-19(28)29-20(2,3)4)17-22-12-23-18(26-17)25-16-10-24-27(5)11-16/h6-8,10-12H,9H2,1-5H3,(H,21,28)(H,22,23,25,26). The Balaban J connectivity index is 1.69. The van der Waals surface area contributed by atoms with Crippen molar-refractivity contribution < 1.29 is 9.53 Å². The Kier molecular flexibility index (Phi) is 5.76. The van der Waals surface area contributed by atoms with Crippen LogP contribution in [0.3, 0.4) is 0 Å². The van der Waals surface area contributed by atoms with Crippen molar-refractivity contribution in [3.05, 3.63) is 48.0 Å². The van der Waals surface area contributed by atoms with Gasteiger partial charge >= 0.3 is 6.09 Å². The van der Waals surface area contributed by atoms with Gasteiger partial charge in [0, 0.05) is 25.4 Å². The monoisotopic (exact) mass is 395 g/mol. The van der Waals surface area contributed by atoms with Gasteiger partial charge in [-0.2, -0.15) is 10.1 Å². The van der Waals surface area contributed by atoms with Crippen molar-refractivity contribution in [1.82, 2.24) is 30.0 Å². The third kappa shape index (κ3) is 5.74. The lowest BCUT2D eigenvalue weighted by molar-refractivity contribution is 0.0523. The van der Waals surface area contributed by atoms with E-state index in [4.69, 9.17) is 4.74 Å². The van der Waals surface area contributed by atoms with E-state index < -0.39 is 11.7 Å². The third-order valence-electron chi connectivity index (χ3n) is 3.96. The van der Waals surface area contributed by atoms with E-state index in [1.807, 2.05) is 59.1 Å². The number of alkyl carbamates (subject to hydrolysis) is 1. The Morgan fingerprint density at radius 2 is 2.03 bits per heavy atom. The summed E-state index contributed by atoms with van der Waals surface area (Å²) < 4.78 is 6.96. The van der Waals surface area contributed by atoms with Crippen LogP contribution in [0.2, 0.25) is 0 Å². The van der Waals surface area contributed by atoms with Crippen LogP contribution >= 0.6 is 0 Å². The molecular formula is C20H25N7O2. The number of anilines is 2. The summed E-state index contributed by atoms with van der Waals surface area (Å²) in [5, 5.41) is 9.99. The summed E-state index contributed by atoms with van der Waals surface area (Å²) >= 11 is 0. The van der Waals surface area contributed by atoms with Crippen molar-refractivity contribution in [3.8, 4) is 11.4 Å². The number of benzene rings is 1. The molecule has 0 saturated carbocycles. The van der Waals surface area contributed by atoms with Gasteiger partial charge in [0.1, 0.15) is 11.9 Å². The minimum absolute atomic E-state index is 0.381. The van der Waals surface area contributed by atoms with Gasteiger partial charge in [-0.1, -0.05) is 12.1 Å². The molecule has 0 atom stereocenters. The minimum atomic E-state index is -0.525. The van der Waals surface area contributed by atoms with Crippen LogP contribution < -0.4 is 10.6 Å². The van der Waals surface area contributed by atoms with Crippen LogP contribution in [0.15, 0.2) is 36.9 Å². The molecule has 0 unspecified atom stereocenters. The molecule has 0 spiro atoms. The van der Waals surface area contributed by atoms with Crippen LogP contribution in [0.1, 0.15) is 31.9 Å². The number of amides is 1. The number of carbonyl (C=O) groups excluding carboxylic acids is 1. The fourth-order valence-corrected chi connectivity index (χ4v) is 2.63. The van der Waals surface area contributed by atoms with Crippen molar-refractivity contribution in [2.45, 2.75) is 39.8 Å². The van der Waals surface area contributed by atoms with E-state index in [2.05, 4.69) is 30.7 Å². The second-order valence-corrected chi connectivity index (χ2v) is 7.66. The summed E-state index contributed by atoms with van der Waals surface area (Å²) in [6.07, 6.45) is 4.55. The maximum Gasteiger partial charge on any atom is 0.407 e. The summed E-state index contributed by atoms with van der Waals surface area (Å²) in [7, 11) is 1.84. The average Bonchev–Trinajstić information content (AvgIpc) is 3.04. The molecule has 9 nitrogen and oxygen atoms in total. The molecule has 1 amide bonds. The molecule has 9 heteroatoms. The number of nitrogens with one attached hydrogen (secondary N) is 2. The lowest BCUT2D eigenvalue weighted by atomic mass is 10.0. The molecule has 3 rings (SSSR count).